The Bertz CT molecular complexity index is 348. The Morgan fingerprint density at radius 3 is 1.71 bits per heavy atom. The lowest BCUT2D eigenvalue weighted by atomic mass is 10.1. The normalized spacial score (nSPS) is 11.8. The van der Waals surface area contributed by atoms with Gasteiger partial charge in [-0.3, -0.25) is 0 Å². The number of hydrogen-bond acceptors (Lipinski definition) is 0. The van der Waals surface area contributed by atoms with E-state index in [4.69, 9.17) is 0 Å². The fraction of sp³-hybridized carbons (Fsp3) is 0.684. The second-order valence-electron chi connectivity index (χ2n) is 6.87. The van der Waals surface area contributed by atoms with E-state index in [1.165, 1.54) is 68.3 Å². The lowest BCUT2D eigenvalue weighted by molar-refractivity contribution is 0.573. The standard InChI is InChI=1S/C19H33ISi/c1-21(2,19-15-11-10-12-16-19)18-14-9-7-5-3-4-6-8-13-17-20/h10-12,15-16H,3-9,13-14,17-18H2,1-2H3. The van der Waals surface area contributed by atoms with Gasteiger partial charge in [-0.1, -0.05) is 129 Å². The van der Waals surface area contributed by atoms with Crippen LogP contribution in [0.3, 0.4) is 0 Å². The molecule has 2 heteroatoms. The second-order valence-corrected chi connectivity index (χ2v) is 12.8. The maximum Gasteiger partial charge on any atom is 0.0806 e. The zero-order chi connectivity index (χ0) is 15.4. The van der Waals surface area contributed by atoms with E-state index in [0.717, 1.165) is 0 Å². The molecule has 1 aromatic rings. The van der Waals surface area contributed by atoms with Crippen LogP contribution in [0.2, 0.25) is 19.1 Å². The van der Waals surface area contributed by atoms with Gasteiger partial charge in [-0.2, -0.15) is 0 Å². The van der Waals surface area contributed by atoms with Gasteiger partial charge in [0, 0.05) is 0 Å². The van der Waals surface area contributed by atoms with Crippen LogP contribution in [0.5, 0.6) is 0 Å². The third-order valence-electron chi connectivity index (χ3n) is 4.49. The summed E-state index contributed by atoms with van der Waals surface area (Å²) in [6.07, 6.45) is 13.0. The molecule has 0 heterocycles. The van der Waals surface area contributed by atoms with Crippen LogP contribution in [0, 0.1) is 0 Å². The third-order valence-corrected chi connectivity index (χ3v) is 8.75. The first-order valence-electron chi connectivity index (χ1n) is 8.78. The fourth-order valence-corrected chi connectivity index (χ4v) is 5.99. The highest BCUT2D eigenvalue weighted by molar-refractivity contribution is 14.1. The van der Waals surface area contributed by atoms with E-state index in [9.17, 15) is 0 Å². The van der Waals surface area contributed by atoms with Crippen molar-refractivity contribution in [2.24, 2.45) is 0 Å². The van der Waals surface area contributed by atoms with Crippen LogP contribution in [0.25, 0.3) is 0 Å². The van der Waals surface area contributed by atoms with E-state index in [1.54, 1.807) is 5.19 Å². The van der Waals surface area contributed by atoms with E-state index < -0.39 is 8.07 Å². The highest BCUT2D eigenvalue weighted by Gasteiger charge is 2.21. The Hall–Kier alpha value is 0.167. The van der Waals surface area contributed by atoms with Crippen LogP contribution < -0.4 is 5.19 Å². The molecule has 1 rings (SSSR count). The second kappa shape index (κ2) is 11.7. The lowest BCUT2D eigenvalue weighted by Crippen LogP contribution is -2.40. The minimum atomic E-state index is -1.17. The van der Waals surface area contributed by atoms with Crippen molar-refractivity contribution in [3.05, 3.63) is 30.3 Å². The summed E-state index contributed by atoms with van der Waals surface area (Å²) < 4.78 is 1.33. The van der Waals surface area contributed by atoms with Crippen LogP contribution in [-0.4, -0.2) is 12.5 Å². The lowest BCUT2D eigenvalue weighted by Gasteiger charge is -2.22. The SMILES string of the molecule is C[Si](C)(CCCCCCCCCCCI)c1ccccc1. The molecule has 0 N–H and O–H groups in total. The maximum atomic E-state index is 2.52. The predicted octanol–water partition coefficient (Wildman–Crippen LogP) is 6.55. The van der Waals surface area contributed by atoms with Crippen LogP contribution >= 0.6 is 22.6 Å². The number of halogens is 1. The van der Waals surface area contributed by atoms with Gasteiger partial charge in [0.1, 0.15) is 0 Å². The molecule has 0 spiro atoms. The van der Waals surface area contributed by atoms with Crippen molar-refractivity contribution in [1.29, 1.82) is 0 Å². The first-order chi connectivity index (χ1) is 10.2. The van der Waals surface area contributed by atoms with Crippen molar-refractivity contribution in [2.75, 3.05) is 4.43 Å². The van der Waals surface area contributed by atoms with Gasteiger partial charge in [0.25, 0.3) is 0 Å². The number of rotatable bonds is 12. The van der Waals surface area contributed by atoms with Crippen molar-refractivity contribution >= 4 is 35.9 Å². The average molecular weight is 416 g/mol. The molecule has 0 saturated carbocycles. The Morgan fingerprint density at radius 1 is 0.714 bits per heavy atom. The minimum absolute atomic E-state index is 1.17. The van der Waals surface area contributed by atoms with Gasteiger partial charge in [0.2, 0.25) is 0 Å². The molecule has 0 amide bonds. The van der Waals surface area contributed by atoms with E-state index in [0.29, 0.717) is 0 Å². The average Bonchev–Trinajstić information content (AvgIpc) is 2.50. The smallest absolute Gasteiger partial charge is 0.0806 e. The van der Waals surface area contributed by atoms with Crippen LogP contribution in [0.4, 0.5) is 0 Å². The zero-order valence-corrected chi connectivity index (χ0v) is 17.2. The maximum absolute atomic E-state index is 2.52. The molecule has 0 unspecified atom stereocenters. The van der Waals surface area contributed by atoms with Crippen molar-refractivity contribution < 1.29 is 0 Å². The van der Waals surface area contributed by atoms with Crippen molar-refractivity contribution in [3.63, 3.8) is 0 Å². The van der Waals surface area contributed by atoms with E-state index in [2.05, 4.69) is 66.0 Å². The van der Waals surface area contributed by atoms with Crippen LogP contribution in [-0.2, 0) is 0 Å². The van der Waals surface area contributed by atoms with Gasteiger partial charge in [0.15, 0.2) is 0 Å². The van der Waals surface area contributed by atoms with Gasteiger partial charge in [-0.15, -0.1) is 0 Å². The quantitative estimate of drug-likeness (QED) is 0.157. The third kappa shape index (κ3) is 9.02. The molecule has 0 aliphatic heterocycles. The summed E-state index contributed by atoms with van der Waals surface area (Å²) in [5, 5.41) is 1.63. The summed E-state index contributed by atoms with van der Waals surface area (Å²) in [6, 6.07) is 12.6. The number of alkyl halides is 1. The topological polar surface area (TPSA) is 0 Å². The van der Waals surface area contributed by atoms with E-state index >= 15 is 0 Å². The summed E-state index contributed by atoms with van der Waals surface area (Å²) in [7, 11) is -1.17. The van der Waals surface area contributed by atoms with Gasteiger partial charge in [0.05, 0.1) is 8.07 Å². The Kier molecular flexibility index (Phi) is 10.7. The van der Waals surface area contributed by atoms with Crippen molar-refractivity contribution in [1.82, 2.24) is 0 Å². The molecule has 0 nitrogen and oxygen atoms in total. The molecule has 1 aromatic carbocycles. The number of benzene rings is 1. The van der Waals surface area contributed by atoms with Gasteiger partial charge in [-0.25, -0.2) is 0 Å². The highest BCUT2D eigenvalue weighted by Crippen LogP contribution is 2.17. The van der Waals surface area contributed by atoms with Crippen molar-refractivity contribution in [3.8, 4) is 0 Å². The molecule has 0 fully saturated rings. The van der Waals surface area contributed by atoms with Crippen molar-refractivity contribution in [2.45, 2.75) is 76.9 Å². The summed E-state index contributed by atoms with van der Waals surface area (Å²) in [6.45, 7) is 5.05. The molecule has 0 aromatic heterocycles. The summed E-state index contributed by atoms with van der Waals surface area (Å²) >= 11 is 2.48. The van der Waals surface area contributed by atoms with Gasteiger partial charge < -0.3 is 0 Å². The predicted molar refractivity (Wildman–Crippen MR) is 109 cm³/mol. The molecule has 0 atom stereocenters. The van der Waals surface area contributed by atoms with Crippen LogP contribution in [0.15, 0.2) is 30.3 Å². The molecule has 120 valence electrons. The Balaban J connectivity index is 2.01. The zero-order valence-electron chi connectivity index (χ0n) is 14.0. The summed E-state index contributed by atoms with van der Waals surface area (Å²) in [5.41, 5.74) is 0. The molecular weight excluding hydrogens is 383 g/mol. The minimum Gasteiger partial charge on any atom is -0.0864 e. The largest absolute Gasteiger partial charge is 0.0864 e. The monoisotopic (exact) mass is 416 g/mol. The fourth-order valence-electron chi connectivity index (χ4n) is 2.93. The van der Waals surface area contributed by atoms with E-state index in [-0.39, 0.29) is 0 Å². The molecule has 0 bridgehead atoms. The Morgan fingerprint density at radius 2 is 1.19 bits per heavy atom. The molecular formula is C19H33ISi. The van der Waals surface area contributed by atoms with Gasteiger partial charge in [-0.05, 0) is 10.8 Å². The first-order valence-corrected chi connectivity index (χ1v) is 13.5. The summed E-state index contributed by atoms with van der Waals surface area (Å²) in [4.78, 5) is 0. The molecule has 0 aliphatic carbocycles. The molecule has 0 radical (unpaired) electrons. The van der Waals surface area contributed by atoms with Crippen LogP contribution in [0.1, 0.15) is 57.8 Å². The summed E-state index contributed by atoms with van der Waals surface area (Å²) in [5.74, 6) is 0. The molecule has 21 heavy (non-hydrogen) atoms. The number of hydrogen-bond donors (Lipinski definition) is 0. The number of unbranched alkanes of at least 4 members (excludes halogenated alkanes) is 8. The first kappa shape index (κ1) is 19.2. The highest BCUT2D eigenvalue weighted by atomic mass is 127. The molecule has 0 saturated heterocycles. The van der Waals surface area contributed by atoms with Gasteiger partial charge >= 0.3 is 0 Å². The Labute approximate surface area is 147 Å². The molecule has 0 aliphatic rings. The van der Waals surface area contributed by atoms with E-state index in [1.807, 2.05) is 0 Å².